The maximum atomic E-state index is 12.1. The van der Waals surface area contributed by atoms with E-state index in [-0.39, 0.29) is 11.7 Å². The molecule has 0 heterocycles. The summed E-state index contributed by atoms with van der Waals surface area (Å²) in [6, 6.07) is 9.73. The average Bonchev–Trinajstić information content (AvgIpc) is 2.42. The van der Waals surface area contributed by atoms with Gasteiger partial charge in [-0.25, -0.2) is 0 Å². The number of anilines is 1. The largest absolute Gasteiger partial charge is 0.504 e. The minimum Gasteiger partial charge on any atom is -0.504 e. The third kappa shape index (κ3) is 3.03. The van der Waals surface area contributed by atoms with Crippen LogP contribution in [0.2, 0.25) is 5.02 Å². The molecule has 0 saturated heterocycles. The Labute approximate surface area is 122 Å². The van der Waals surface area contributed by atoms with Gasteiger partial charge in [0.2, 0.25) is 0 Å². The van der Waals surface area contributed by atoms with Gasteiger partial charge in [0, 0.05) is 16.3 Å². The lowest BCUT2D eigenvalue weighted by Gasteiger charge is -2.10. The first-order valence-corrected chi connectivity index (χ1v) is 6.33. The Hall–Kier alpha value is -2.20. The van der Waals surface area contributed by atoms with E-state index in [1.807, 2.05) is 13.0 Å². The van der Waals surface area contributed by atoms with Crippen LogP contribution >= 0.6 is 11.6 Å². The van der Waals surface area contributed by atoms with Crippen LogP contribution in [0.3, 0.4) is 0 Å². The van der Waals surface area contributed by atoms with Crippen molar-refractivity contribution in [2.24, 2.45) is 0 Å². The van der Waals surface area contributed by atoms with Crippen molar-refractivity contribution in [3.8, 4) is 11.5 Å². The lowest BCUT2D eigenvalue weighted by atomic mass is 10.1. The fourth-order valence-electron chi connectivity index (χ4n) is 1.75. The smallest absolute Gasteiger partial charge is 0.255 e. The molecule has 0 aliphatic carbocycles. The highest BCUT2D eigenvalue weighted by Crippen LogP contribution is 2.27. The molecule has 0 fully saturated rings. The number of benzene rings is 2. The summed E-state index contributed by atoms with van der Waals surface area (Å²) in [4.78, 5) is 12.1. The standard InChI is InChI=1S/C15H14ClNO3/c1-9-3-5-11(16)8-12(9)17-15(19)10-4-6-14(20-2)13(18)7-10/h3-8,18H,1-2H3,(H,17,19). The molecule has 2 aromatic rings. The minimum absolute atomic E-state index is 0.0806. The number of amides is 1. The van der Waals surface area contributed by atoms with Crippen LogP contribution in [0.15, 0.2) is 36.4 Å². The fourth-order valence-corrected chi connectivity index (χ4v) is 1.93. The number of rotatable bonds is 3. The molecule has 0 bridgehead atoms. The SMILES string of the molecule is COc1ccc(C(=O)Nc2cc(Cl)ccc2C)cc1O. The van der Waals surface area contributed by atoms with E-state index in [2.05, 4.69) is 5.32 Å². The maximum Gasteiger partial charge on any atom is 0.255 e. The molecule has 1 amide bonds. The zero-order valence-electron chi connectivity index (χ0n) is 11.1. The Kier molecular flexibility index (Phi) is 4.15. The summed E-state index contributed by atoms with van der Waals surface area (Å²) in [6.45, 7) is 1.87. The van der Waals surface area contributed by atoms with Gasteiger partial charge in [-0.2, -0.15) is 0 Å². The van der Waals surface area contributed by atoms with E-state index < -0.39 is 0 Å². The number of phenolic OH excluding ortho intramolecular Hbond substituents is 1. The Bertz CT molecular complexity index is 656. The van der Waals surface area contributed by atoms with Gasteiger partial charge < -0.3 is 15.2 Å². The zero-order chi connectivity index (χ0) is 14.7. The molecule has 0 radical (unpaired) electrons. The number of carbonyl (C=O) groups is 1. The van der Waals surface area contributed by atoms with E-state index in [0.29, 0.717) is 22.0 Å². The summed E-state index contributed by atoms with van der Waals surface area (Å²) in [6.07, 6.45) is 0. The average molecular weight is 292 g/mol. The van der Waals surface area contributed by atoms with E-state index in [9.17, 15) is 9.90 Å². The van der Waals surface area contributed by atoms with E-state index in [1.54, 1.807) is 18.2 Å². The highest BCUT2D eigenvalue weighted by molar-refractivity contribution is 6.31. The fraction of sp³-hybridized carbons (Fsp3) is 0.133. The topological polar surface area (TPSA) is 58.6 Å². The van der Waals surface area contributed by atoms with Crippen molar-refractivity contribution in [2.75, 3.05) is 12.4 Å². The summed E-state index contributed by atoms with van der Waals surface area (Å²) in [5.41, 5.74) is 1.88. The quantitative estimate of drug-likeness (QED) is 0.908. The second-order valence-electron chi connectivity index (χ2n) is 4.30. The minimum atomic E-state index is -0.326. The Morgan fingerprint density at radius 1 is 1.25 bits per heavy atom. The van der Waals surface area contributed by atoms with Gasteiger partial charge in [-0.3, -0.25) is 4.79 Å². The molecule has 0 saturated carbocycles. The molecular weight excluding hydrogens is 278 g/mol. The lowest BCUT2D eigenvalue weighted by molar-refractivity contribution is 0.102. The van der Waals surface area contributed by atoms with Crippen molar-refractivity contribution < 1.29 is 14.6 Å². The molecule has 0 unspecified atom stereocenters. The normalized spacial score (nSPS) is 10.2. The van der Waals surface area contributed by atoms with Crippen molar-refractivity contribution in [1.82, 2.24) is 0 Å². The monoisotopic (exact) mass is 291 g/mol. The summed E-state index contributed by atoms with van der Waals surface area (Å²) in [5.74, 6) is -0.0863. The first-order valence-electron chi connectivity index (χ1n) is 5.96. The number of nitrogens with one attached hydrogen (secondary N) is 1. The molecule has 0 aromatic heterocycles. The molecule has 2 rings (SSSR count). The predicted octanol–water partition coefficient (Wildman–Crippen LogP) is 3.61. The van der Waals surface area contributed by atoms with Crippen LogP contribution in [-0.4, -0.2) is 18.1 Å². The summed E-state index contributed by atoms with van der Waals surface area (Å²) < 4.78 is 4.93. The predicted molar refractivity (Wildman–Crippen MR) is 78.8 cm³/mol. The van der Waals surface area contributed by atoms with Gasteiger partial charge in [0.05, 0.1) is 7.11 Å². The number of ether oxygens (including phenoxy) is 1. The molecule has 0 aliphatic rings. The molecule has 20 heavy (non-hydrogen) atoms. The summed E-state index contributed by atoms with van der Waals surface area (Å²) >= 11 is 5.90. The van der Waals surface area contributed by atoms with E-state index in [4.69, 9.17) is 16.3 Å². The second kappa shape index (κ2) is 5.84. The van der Waals surface area contributed by atoms with E-state index >= 15 is 0 Å². The molecule has 104 valence electrons. The summed E-state index contributed by atoms with van der Waals surface area (Å²) in [7, 11) is 1.45. The molecule has 0 atom stereocenters. The number of aryl methyl sites for hydroxylation is 1. The molecular formula is C15H14ClNO3. The summed E-state index contributed by atoms with van der Waals surface area (Å²) in [5, 5.41) is 13.0. The van der Waals surface area contributed by atoms with Crippen LogP contribution in [0, 0.1) is 6.92 Å². The number of hydrogen-bond donors (Lipinski definition) is 2. The first kappa shape index (κ1) is 14.2. The molecule has 5 heteroatoms. The van der Waals surface area contributed by atoms with Gasteiger partial charge in [-0.15, -0.1) is 0 Å². The first-order chi connectivity index (χ1) is 9.51. The Morgan fingerprint density at radius 3 is 2.65 bits per heavy atom. The van der Waals surface area contributed by atoms with Crippen LogP contribution < -0.4 is 10.1 Å². The van der Waals surface area contributed by atoms with E-state index in [0.717, 1.165) is 5.56 Å². The van der Waals surface area contributed by atoms with Crippen LogP contribution in [0.25, 0.3) is 0 Å². The van der Waals surface area contributed by atoms with E-state index in [1.165, 1.54) is 19.2 Å². The highest BCUT2D eigenvalue weighted by atomic mass is 35.5. The van der Waals surface area contributed by atoms with Gasteiger partial charge in [0.15, 0.2) is 11.5 Å². The lowest BCUT2D eigenvalue weighted by Crippen LogP contribution is -2.12. The van der Waals surface area contributed by atoms with Crippen LogP contribution in [0.4, 0.5) is 5.69 Å². The molecule has 2 aromatic carbocycles. The Balaban J connectivity index is 2.24. The highest BCUT2D eigenvalue weighted by Gasteiger charge is 2.11. The van der Waals surface area contributed by atoms with Crippen molar-refractivity contribution in [1.29, 1.82) is 0 Å². The Morgan fingerprint density at radius 2 is 2.00 bits per heavy atom. The maximum absolute atomic E-state index is 12.1. The van der Waals surface area contributed by atoms with Gasteiger partial charge in [0.25, 0.3) is 5.91 Å². The van der Waals surface area contributed by atoms with Crippen molar-refractivity contribution >= 4 is 23.2 Å². The van der Waals surface area contributed by atoms with Crippen LogP contribution in [0.1, 0.15) is 15.9 Å². The molecule has 2 N–H and O–H groups in total. The van der Waals surface area contributed by atoms with Crippen LogP contribution in [0.5, 0.6) is 11.5 Å². The van der Waals surface area contributed by atoms with Crippen molar-refractivity contribution in [3.63, 3.8) is 0 Å². The number of phenols is 1. The third-order valence-electron chi connectivity index (χ3n) is 2.89. The number of aromatic hydroxyl groups is 1. The van der Waals surface area contributed by atoms with Gasteiger partial charge in [0.1, 0.15) is 0 Å². The second-order valence-corrected chi connectivity index (χ2v) is 4.74. The number of carbonyl (C=O) groups excluding carboxylic acids is 1. The number of methoxy groups -OCH3 is 1. The van der Waals surface area contributed by atoms with Crippen molar-refractivity contribution in [3.05, 3.63) is 52.5 Å². The van der Waals surface area contributed by atoms with Gasteiger partial charge >= 0.3 is 0 Å². The van der Waals surface area contributed by atoms with Gasteiger partial charge in [-0.05, 0) is 42.8 Å². The van der Waals surface area contributed by atoms with Crippen molar-refractivity contribution in [2.45, 2.75) is 6.92 Å². The third-order valence-corrected chi connectivity index (χ3v) is 3.12. The number of halogens is 1. The molecule has 4 nitrogen and oxygen atoms in total. The number of hydrogen-bond acceptors (Lipinski definition) is 3. The van der Waals surface area contributed by atoms with Crippen LogP contribution in [-0.2, 0) is 0 Å². The molecule has 0 spiro atoms. The zero-order valence-corrected chi connectivity index (χ0v) is 11.9. The van der Waals surface area contributed by atoms with Gasteiger partial charge in [-0.1, -0.05) is 17.7 Å². The molecule has 0 aliphatic heterocycles.